The van der Waals surface area contributed by atoms with Crippen molar-refractivity contribution in [1.29, 1.82) is 0 Å². The van der Waals surface area contributed by atoms with Crippen LogP contribution in [0.4, 0.5) is 4.39 Å². The fraction of sp³-hybridized carbons (Fsp3) is 0.467. The van der Waals surface area contributed by atoms with E-state index in [0.717, 1.165) is 0 Å². The first-order valence-corrected chi connectivity index (χ1v) is 7.09. The summed E-state index contributed by atoms with van der Waals surface area (Å²) in [4.78, 5) is 18.2. The first-order chi connectivity index (χ1) is 10.9. The number of nitrogens with one attached hydrogen (secondary N) is 1. The number of aliphatic hydroxyl groups excluding tert-OH is 1. The number of hydrogen-bond acceptors (Lipinski definition) is 5. The Morgan fingerprint density at radius 3 is 2.39 bits per heavy atom. The van der Waals surface area contributed by atoms with Crippen molar-refractivity contribution in [3.63, 3.8) is 0 Å². The molecule has 7 nitrogen and oxygen atoms in total. The first kappa shape index (κ1) is 19.0. The second kappa shape index (κ2) is 9.88. The average molecular weight is 329 g/mol. The van der Waals surface area contributed by atoms with Crippen LogP contribution in [0, 0.1) is 5.82 Å². The smallest absolute Gasteiger partial charge is 0.414 e. The fourth-order valence-electron chi connectivity index (χ4n) is 1.57. The van der Waals surface area contributed by atoms with Gasteiger partial charge in [-0.2, -0.15) is 0 Å². The third-order valence-corrected chi connectivity index (χ3v) is 2.93. The highest BCUT2D eigenvalue weighted by Gasteiger charge is 2.21. The molecule has 0 aromatic heterocycles. The minimum Gasteiger partial charge on any atom is -0.473 e. The van der Waals surface area contributed by atoms with Gasteiger partial charge in [0.1, 0.15) is 5.82 Å². The highest BCUT2D eigenvalue weighted by Crippen LogP contribution is 2.18. The van der Waals surface area contributed by atoms with E-state index in [1.54, 1.807) is 18.2 Å². The van der Waals surface area contributed by atoms with Crippen molar-refractivity contribution in [2.24, 2.45) is 0 Å². The summed E-state index contributed by atoms with van der Waals surface area (Å²) in [6.45, 7) is 0.975. The Bertz CT molecular complexity index is 508. The van der Waals surface area contributed by atoms with Crippen molar-refractivity contribution in [3.8, 4) is 0 Å². The number of hydrogen-bond donors (Lipinski definition) is 4. The molecule has 1 aromatic rings. The predicted octanol–water partition coefficient (Wildman–Crippen LogP) is 0.611. The van der Waals surface area contributed by atoms with Gasteiger partial charge in [0.25, 0.3) is 0 Å². The van der Waals surface area contributed by atoms with Gasteiger partial charge in [-0.05, 0) is 18.9 Å². The molecule has 8 heteroatoms. The van der Waals surface area contributed by atoms with Crippen LogP contribution >= 0.6 is 0 Å². The van der Waals surface area contributed by atoms with Crippen LogP contribution in [0.2, 0.25) is 0 Å². The van der Waals surface area contributed by atoms with Crippen LogP contribution in [-0.2, 0) is 20.9 Å². The van der Waals surface area contributed by atoms with Gasteiger partial charge in [0, 0.05) is 18.2 Å². The zero-order chi connectivity index (χ0) is 17.2. The zero-order valence-electron chi connectivity index (χ0n) is 12.4. The van der Waals surface area contributed by atoms with E-state index < -0.39 is 18.0 Å². The lowest BCUT2D eigenvalue weighted by Gasteiger charge is -2.12. The SMILES string of the molecule is O=C(O)C(=O)O.OC(CNC1CC1)COCc1ccccc1F. The maximum absolute atomic E-state index is 13.2. The van der Waals surface area contributed by atoms with Crippen LogP contribution in [-0.4, -0.2) is 52.6 Å². The van der Waals surface area contributed by atoms with E-state index in [0.29, 0.717) is 18.2 Å². The zero-order valence-corrected chi connectivity index (χ0v) is 12.4. The van der Waals surface area contributed by atoms with E-state index in [4.69, 9.17) is 24.5 Å². The molecule has 4 N–H and O–H groups in total. The molecule has 128 valence electrons. The number of rotatable bonds is 7. The highest BCUT2D eigenvalue weighted by atomic mass is 19.1. The largest absolute Gasteiger partial charge is 0.473 e. The summed E-state index contributed by atoms with van der Waals surface area (Å²) in [5.41, 5.74) is 0.523. The molecule has 0 bridgehead atoms. The van der Waals surface area contributed by atoms with Crippen LogP contribution in [0.5, 0.6) is 0 Å². The minimum atomic E-state index is -1.82. The van der Waals surface area contributed by atoms with Crippen LogP contribution in [0.25, 0.3) is 0 Å². The molecule has 1 atom stereocenters. The summed E-state index contributed by atoms with van der Waals surface area (Å²) in [5, 5.41) is 27.6. The molecular formula is C15H20FNO6. The summed E-state index contributed by atoms with van der Waals surface area (Å²) in [6, 6.07) is 7.09. The van der Waals surface area contributed by atoms with Crippen molar-refractivity contribution in [2.75, 3.05) is 13.2 Å². The van der Waals surface area contributed by atoms with Gasteiger partial charge in [0.05, 0.1) is 19.3 Å². The number of ether oxygens (including phenoxy) is 1. The molecule has 0 radical (unpaired) electrons. The Morgan fingerprint density at radius 2 is 1.87 bits per heavy atom. The van der Waals surface area contributed by atoms with E-state index in [2.05, 4.69) is 5.32 Å². The number of halogens is 1. The van der Waals surface area contributed by atoms with Gasteiger partial charge in [0.15, 0.2) is 0 Å². The second-order valence-corrected chi connectivity index (χ2v) is 5.05. The summed E-state index contributed by atoms with van der Waals surface area (Å²) in [7, 11) is 0. The van der Waals surface area contributed by atoms with Gasteiger partial charge in [-0.25, -0.2) is 14.0 Å². The monoisotopic (exact) mass is 329 g/mol. The summed E-state index contributed by atoms with van der Waals surface area (Å²) < 4.78 is 18.5. The van der Waals surface area contributed by atoms with E-state index in [1.807, 2.05) is 0 Å². The molecule has 0 saturated heterocycles. The third kappa shape index (κ3) is 8.87. The maximum Gasteiger partial charge on any atom is 0.414 e. The molecular weight excluding hydrogens is 309 g/mol. The third-order valence-electron chi connectivity index (χ3n) is 2.93. The topological polar surface area (TPSA) is 116 Å². The molecule has 2 rings (SSSR count). The van der Waals surface area contributed by atoms with Crippen molar-refractivity contribution in [3.05, 3.63) is 35.6 Å². The van der Waals surface area contributed by atoms with Gasteiger partial charge in [-0.1, -0.05) is 18.2 Å². The lowest BCUT2D eigenvalue weighted by atomic mass is 10.2. The normalized spacial score (nSPS) is 14.5. The molecule has 0 spiro atoms. The van der Waals surface area contributed by atoms with E-state index in [1.165, 1.54) is 18.9 Å². The molecule has 0 amide bonds. The quantitative estimate of drug-likeness (QED) is 0.542. The number of aliphatic hydroxyl groups is 1. The van der Waals surface area contributed by atoms with Crippen molar-refractivity contribution in [2.45, 2.75) is 31.6 Å². The number of carboxylic acid groups (broad SMARTS) is 2. The first-order valence-electron chi connectivity index (χ1n) is 7.09. The summed E-state index contributed by atoms with van der Waals surface area (Å²) >= 11 is 0. The molecule has 1 aliphatic rings. The van der Waals surface area contributed by atoms with E-state index >= 15 is 0 Å². The molecule has 23 heavy (non-hydrogen) atoms. The van der Waals surface area contributed by atoms with Gasteiger partial charge in [-0.3, -0.25) is 0 Å². The molecule has 1 fully saturated rings. The minimum absolute atomic E-state index is 0.202. The van der Waals surface area contributed by atoms with Gasteiger partial charge in [-0.15, -0.1) is 0 Å². The van der Waals surface area contributed by atoms with E-state index in [9.17, 15) is 9.50 Å². The standard InChI is InChI=1S/C13H18FNO2.C2H2O4/c14-13-4-2-1-3-10(13)8-17-9-12(16)7-15-11-5-6-11;3-1(4)2(5)6/h1-4,11-12,15-16H,5-9H2;(H,3,4)(H,5,6). The van der Waals surface area contributed by atoms with E-state index in [-0.39, 0.29) is 19.0 Å². The van der Waals surface area contributed by atoms with Crippen LogP contribution in [0.3, 0.4) is 0 Å². The molecule has 1 aromatic carbocycles. The molecule has 0 aliphatic heterocycles. The fourth-order valence-corrected chi connectivity index (χ4v) is 1.57. The average Bonchev–Trinajstić information content (AvgIpc) is 3.32. The number of carbonyl (C=O) groups is 2. The Labute approximate surface area is 132 Å². The lowest BCUT2D eigenvalue weighted by molar-refractivity contribution is -0.159. The Balaban J connectivity index is 0.000000379. The predicted molar refractivity (Wildman–Crippen MR) is 78.4 cm³/mol. The number of benzene rings is 1. The Hall–Kier alpha value is -2.03. The number of carboxylic acids is 2. The van der Waals surface area contributed by atoms with Crippen LogP contribution < -0.4 is 5.32 Å². The molecule has 1 aliphatic carbocycles. The molecule has 0 heterocycles. The second-order valence-electron chi connectivity index (χ2n) is 5.05. The maximum atomic E-state index is 13.2. The summed E-state index contributed by atoms with van der Waals surface area (Å²) in [6.07, 6.45) is 1.87. The van der Waals surface area contributed by atoms with Gasteiger partial charge >= 0.3 is 11.9 Å². The van der Waals surface area contributed by atoms with Crippen molar-refractivity contribution in [1.82, 2.24) is 5.32 Å². The summed E-state index contributed by atoms with van der Waals surface area (Å²) in [5.74, 6) is -3.91. The molecule has 1 saturated carbocycles. The van der Waals surface area contributed by atoms with Crippen molar-refractivity contribution >= 4 is 11.9 Å². The Kier molecular flexibility index (Phi) is 8.17. The van der Waals surface area contributed by atoms with Gasteiger partial charge < -0.3 is 25.4 Å². The molecule has 1 unspecified atom stereocenters. The Morgan fingerprint density at radius 1 is 1.26 bits per heavy atom. The lowest BCUT2D eigenvalue weighted by Crippen LogP contribution is -2.31. The van der Waals surface area contributed by atoms with Gasteiger partial charge in [0.2, 0.25) is 0 Å². The van der Waals surface area contributed by atoms with Crippen LogP contribution in [0.15, 0.2) is 24.3 Å². The highest BCUT2D eigenvalue weighted by molar-refractivity contribution is 6.27. The number of aliphatic carboxylic acids is 2. The van der Waals surface area contributed by atoms with Crippen LogP contribution in [0.1, 0.15) is 18.4 Å². The van der Waals surface area contributed by atoms with Crippen molar-refractivity contribution < 1.29 is 34.0 Å².